The van der Waals surface area contributed by atoms with E-state index in [2.05, 4.69) is 10.6 Å². The van der Waals surface area contributed by atoms with E-state index >= 15 is 0 Å². The SMILES string of the molecule is Cc1cc(F)ccc1CCNC(=O)C1CCC(=O)NC1. The van der Waals surface area contributed by atoms with Gasteiger partial charge in [-0.2, -0.15) is 0 Å². The van der Waals surface area contributed by atoms with Crippen LogP contribution in [0.15, 0.2) is 18.2 Å². The third kappa shape index (κ3) is 3.79. The Bertz CT molecular complexity index is 507. The lowest BCUT2D eigenvalue weighted by Gasteiger charge is -2.21. The lowest BCUT2D eigenvalue weighted by Crippen LogP contribution is -2.43. The van der Waals surface area contributed by atoms with Crippen molar-refractivity contribution < 1.29 is 14.0 Å². The topological polar surface area (TPSA) is 58.2 Å². The summed E-state index contributed by atoms with van der Waals surface area (Å²) in [5.41, 5.74) is 1.92. The van der Waals surface area contributed by atoms with Gasteiger partial charge < -0.3 is 10.6 Å². The highest BCUT2D eigenvalue weighted by molar-refractivity contribution is 5.83. The molecule has 1 aliphatic heterocycles. The molecule has 1 fully saturated rings. The molecule has 1 aliphatic rings. The molecule has 0 spiro atoms. The van der Waals surface area contributed by atoms with Crippen molar-refractivity contribution in [3.63, 3.8) is 0 Å². The molecule has 0 saturated carbocycles. The molecule has 108 valence electrons. The smallest absolute Gasteiger partial charge is 0.224 e. The zero-order valence-electron chi connectivity index (χ0n) is 11.5. The molecule has 0 aromatic heterocycles. The lowest BCUT2D eigenvalue weighted by atomic mass is 9.98. The van der Waals surface area contributed by atoms with Crippen LogP contribution in [-0.2, 0) is 16.0 Å². The molecule has 1 atom stereocenters. The number of aryl methyl sites for hydroxylation is 1. The van der Waals surface area contributed by atoms with E-state index in [1.165, 1.54) is 12.1 Å². The molecule has 20 heavy (non-hydrogen) atoms. The quantitative estimate of drug-likeness (QED) is 0.872. The van der Waals surface area contributed by atoms with Gasteiger partial charge in [-0.15, -0.1) is 0 Å². The lowest BCUT2D eigenvalue weighted by molar-refractivity contribution is -0.128. The van der Waals surface area contributed by atoms with Crippen LogP contribution in [0.5, 0.6) is 0 Å². The normalized spacial score (nSPS) is 18.5. The highest BCUT2D eigenvalue weighted by atomic mass is 19.1. The van der Waals surface area contributed by atoms with Crippen molar-refractivity contribution in [2.75, 3.05) is 13.1 Å². The van der Waals surface area contributed by atoms with Crippen LogP contribution in [0.1, 0.15) is 24.0 Å². The van der Waals surface area contributed by atoms with Gasteiger partial charge in [0.1, 0.15) is 5.82 Å². The highest BCUT2D eigenvalue weighted by Crippen LogP contribution is 2.12. The number of carbonyl (C=O) groups is 2. The summed E-state index contributed by atoms with van der Waals surface area (Å²) in [4.78, 5) is 22.9. The predicted molar refractivity (Wildman–Crippen MR) is 73.6 cm³/mol. The molecule has 1 aromatic carbocycles. The first-order valence-corrected chi connectivity index (χ1v) is 6.85. The molecule has 0 aliphatic carbocycles. The number of nitrogens with one attached hydrogen (secondary N) is 2. The van der Waals surface area contributed by atoms with Gasteiger partial charge in [0.2, 0.25) is 11.8 Å². The molecule has 5 heteroatoms. The van der Waals surface area contributed by atoms with Gasteiger partial charge in [0.25, 0.3) is 0 Å². The van der Waals surface area contributed by atoms with E-state index in [9.17, 15) is 14.0 Å². The van der Waals surface area contributed by atoms with Crippen LogP contribution in [-0.4, -0.2) is 24.9 Å². The Labute approximate surface area is 117 Å². The maximum absolute atomic E-state index is 13.0. The maximum atomic E-state index is 13.0. The van der Waals surface area contributed by atoms with Crippen LogP contribution in [0, 0.1) is 18.7 Å². The Morgan fingerprint density at radius 2 is 2.30 bits per heavy atom. The monoisotopic (exact) mass is 278 g/mol. The number of benzene rings is 1. The van der Waals surface area contributed by atoms with E-state index < -0.39 is 0 Å². The molecule has 1 saturated heterocycles. The van der Waals surface area contributed by atoms with Crippen LogP contribution < -0.4 is 10.6 Å². The van der Waals surface area contributed by atoms with Crippen LogP contribution in [0.3, 0.4) is 0 Å². The van der Waals surface area contributed by atoms with Gasteiger partial charge in [-0.05, 0) is 43.0 Å². The van der Waals surface area contributed by atoms with Crippen LogP contribution in [0.4, 0.5) is 4.39 Å². The standard InChI is InChI=1S/C15H19FN2O2/c1-10-8-13(16)4-2-11(10)6-7-17-15(20)12-3-5-14(19)18-9-12/h2,4,8,12H,3,5-7,9H2,1H3,(H,17,20)(H,18,19). The maximum Gasteiger partial charge on any atom is 0.224 e. The molecule has 2 amide bonds. The molecular formula is C15H19FN2O2. The molecule has 1 heterocycles. The van der Waals surface area contributed by atoms with Crippen molar-refractivity contribution in [3.05, 3.63) is 35.1 Å². The van der Waals surface area contributed by atoms with E-state index in [1.807, 2.05) is 6.92 Å². The van der Waals surface area contributed by atoms with Gasteiger partial charge in [-0.25, -0.2) is 4.39 Å². The highest BCUT2D eigenvalue weighted by Gasteiger charge is 2.23. The zero-order chi connectivity index (χ0) is 14.5. The third-order valence-corrected chi connectivity index (χ3v) is 3.63. The van der Waals surface area contributed by atoms with Gasteiger partial charge in [0.05, 0.1) is 5.92 Å². The Hall–Kier alpha value is -1.91. The summed E-state index contributed by atoms with van der Waals surface area (Å²) >= 11 is 0. The molecule has 0 radical (unpaired) electrons. The number of hydrogen-bond acceptors (Lipinski definition) is 2. The summed E-state index contributed by atoms with van der Waals surface area (Å²) < 4.78 is 13.0. The summed E-state index contributed by atoms with van der Waals surface area (Å²) in [6.45, 7) is 2.80. The number of piperidine rings is 1. The number of rotatable bonds is 4. The first-order valence-electron chi connectivity index (χ1n) is 6.85. The minimum absolute atomic E-state index is 0.0102. The molecule has 1 aromatic rings. The zero-order valence-corrected chi connectivity index (χ0v) is 11.5. The van der Waals surface area contributed by atoms with E-state index in [-0.39, 0.29) is 23.5 Å². The van der Waals surface area contributed by atoms with Gasteiger partial charge >= 0.3 is 0 Å². The van der Waals surface area contributed by atoms with Gasteiger partial charge in [0, 0.05) is 19.5 Å². The fourth-order valence-electron chi connectivity index (χ4n) is 2.36. The fraction of sp³-hybridized carbons (Fsp3) is 0.467. The van der Waals surface area contributed by atoms with E-state index in [0.29, 0.717) is 32.4 Å². The van der Waals surface area contributed by atoms with Gasteiger partial charge in [0.15, 0.2) is 0 Å². The summed E-state index contributed by atoms with van der Waals surface area (Å²) in [5.74, 6) is -0.393. The summed E-state index contributed by atoms with van der Waals surface area (Å²) in [6, 6.07) is 4.67. The first kappa shape index (κ1) is 14.5. The van der Waals surface area contributed by atoms with Crippen LogP contribution in [0.25, 0.3) is 0 Å². The van der Waals surface area contributed by atoms with Crippen molar-refractivity contribution in [3.8, 4) is 0 Å². The molecule has 0 bridgehead atoms. The van der Waals surface area contributed by atoms with Gasteiger partial charge in [-0.3, -0.25) is 9.59 Å². The minimum atomic E-state index is -0.242. The third-order valence-electron chi connectivity index (χ3n) is 3.63. The van der Waals surface area contributed by atoms with Crippen LogP contribution >= 0.6 is 0 Å². The number of halogens is 1. The van der Waals surface area contributed by atoms with E-state index in [0.717, 1.165) is 11.1 Å². The molecule has 1 unspecified atom stereocenters. The van der Waals surface area contributed by atoms with Crippen molar-refractivity contribution in [2.24, 2.45) is 5.92 Å². The number of hydrogen-bond donors (Lipinski definition) is 2. The average Bonchev–Trinajstić information content (AvgIpc) is 2.42. The first-order chi connectivity index (χ1) is 9.56. The number of carbonyl (C=O) groups excluding carboxylic acids is 2. The number of amides is 2. The van der Waals surface area contributed by atoms with Gasteiger partial charge in [-0.1, -0.05) is 6.07 Å². The Balaban J connectivity index is 1.78. The molecular weight excluding hydrogens is 259 g/mol. The van der Waals surface area contributed by atoms with E-state index in [1.54, 1.807) is 6.07 Å². The van der Waals surface area contributed by atoms with Crippen molar-refractivity contribution in [2.45, 2.75) is 26.2 Å². The van der Waals surface area contributed by atoms with Crippen LogP contribution in [0.2, 0.25) is 0 Å². The average molecular weight is 278 g/mol. The predicted octanol–water partition coefficient (Wildman–Crippen LogP) is 1.32. The largest absolute Gasteiger partial charge is 0.355 e. The molecule has 4 nitrogen and oxygen atoms in total. The summed E-state index contributed by atoms with van der Waals surface area (Å²) in [6.07, 6.45) is 1.69. The molecule has 2 rings (SSSR count). The summed E-state index contributed by atoms with van der Waals surface area (Å²) in [5, 5.41) is 5.57. The second-order valence-electron chi connectivity index (χ2n) is 5.15. The van der Waals surface area contributed by atoms with E-state index in [4.69, 9.17) is 0 Å². The van der Waals surface area contributed by atoms with Crippen molar-refractivity contribution >= 4 is 11.8 Å². The Morgan fingerprint density at radius 1 is 1.50 bits per heavy atom. The second-order valence-corrected chi connectivity index (χ2v) is 5.15. The fourth-order valence-corrected chi connectivity index (χ4v) is 2.36. The summed E-state index contributed by atoms with van der Waals surface area (Å²) in [7, 11) is 0. The van der Waals surface area contributed by atoms with Crippen molar-refractivity contribution in [1.29, 1.82) is 0 Å². The second kappa shape index (κ2) is 6.50. The van der Waals surface area contributed by atoms with Crippen molar-refractivity contribution in [1.82, 2.24) is 10.6 Å². The minimum Gasteiger partial charge on any atom is -0.355 e. The molecule has 2 N–H and O–H groups in total. The Kier molecular flexibility index (Phi) is 4.71. The Morgan fingerprint density at radius 3 is 2.95 bits per heavy atom.